The quantitative estimate of drug-likeness (QED) is 0.340. The SMILES string of the molecule is Cc1c([N+](=O)[O-])cnc(SCCS(=O)(=O)Cl)c1Br. The Balaban J connectivity index is 2.86. The van der Waals surface area contributed by atoms with Crippen molar-refractivity contribution < 1.29 is 13.3 Å². The lowest BCUT2D eigenvalue weighted by Gasteiger charge is -2.05. The second-order valence-electron chi connectivity index (χ2n) is 3.24. The zero-order valence-electron chi connectivity index (χ0n) is 9.09. The fourth-order valence-electron chi connectivity index (χ4n) is 1.07. The van der Waals surface area contributed by atoms with E-state index >= 15 is 0 Å². The van der Waals surface area contributed by atoms with Crippen molar-refractivity contribution in [2.24, 2.45) is 0 Å². The standard InChI is InChI=1S/C8H8BrClN2O4S2/c1-5-6(12(13)14)4-11-8(7(5)9)17-2-3-18(10,15)16/h4H,2-3H2,1H3. The van der Waals surface area contributed by atoms with Gasteiger partial charge in [0.05, 0.1) is 15.1 Å². The van der Waals surface area contributed by atoms with Crippen molar-refractivity contribution in [3.8, 4) is 0 Å². The molecule has 10 heteroatoms. The zero-order valence-corrected chi connectivity index (χ0v) is 13.1. The van der Waals surface area contributed by atoms with Crippen LogP contribution in [0.1, 0.15) is 5.56 Å². The Morgan fingerprint density at radius 1 is 1.61 bits per heavy atom. The number of nitrogens with zero attached hydrogens (tertiary/aromatic N) is 2. The predicted molar refractivity (Wildman–Crippen MR) is 73.7 cm³/mol. The van der Waals surface area contributed by atoms with Gasteiger partial charge in [-0.25, -0.2) is 13.4 Å². The summed E-state index contributed by atoms with van der Waals surface area (Å²) in [6.07, 6.45) is 1.15. The lowest BCUT2D eigenvalue weighted by atomic mass is 10.3. The minimum Gasteiger partial charge on any atom is -0.258 e. The molecule has 1 aromatic heterocycles. The van der Waals surface area contributed by atoms with E-state index in [1.54, 1.807) is 6.92 Å². The highest BCUT2D eigenvalue weighted by molar-refractivity contribution is 9.10. The maximum Gasteiger partial charge on any atom is 0.291 e. The molecule has 0 saturated heterocycles. The molecule has 0 amide bonds. The van der Waals surface area contributed by atoms with Crippen LogP contribution in [0.4, 0.5) is 5.69 Å². The van der Waals surface area contributed by atoms with Crippen molar-refractivity contribution in [3.05, 3.63) is 26.3 Å². The van der Waals surface area contributed by atoms with Gasteiger partial charge in [0.15, 0.2) is 0 Å². The van der Waals surface area contributed by atoms with E-state index in [1.807, 2.05) is 0 Å². The highest BCUT2D eigenvalue weighted by Gasteiger charge is 2.17. The number of nitro groups is 1. The number of aromatic nitrogens is 1. The van der Waals surface area contributed by atoms with Crippen molar-refractivity contribution in [2.45, 2.75) is 11.9 Å². The topological polar surface area (TPSA) is 90.2 Å². The van der Waals surface area contributed by atoms with Gasteiger partial charge in [-0.2, -0.15) is 0 Å². The van der Waals surface area contributed by atoms with Gasteiger partial charge < -0.3 is 0 Å². The van der Waals surface area contributed by atoms with E-state index in [-0.39, 0.29) is 17.2 Å². The van der Waals surface area contributed by atoms with Gasteiger partial charge in [0, 0.05) is 22.0 Å². The highest BCUT2D eigenvalue weighted by Crippen LogP contribution is 2.33. The first-order chi connectivity index (χ1) is 8.22. The number of hydrogen-bond acceptors (Lipinski definition) is 6. The van der Waals surface area contributed by atoms with Crippen molar-refractivity contribution in [1.29, 1.82) is 0 Å². The molecule has 100 valence electrons. The summed E-state index contributed by atoms with van der Waals surface area (Å²) < 4.78 is 22.0. The number of hydrogen-bond donors (Lipinski definition) is 0. The zero-order chi connectivity index (χ0) is 13.9. The van der Waals surface area contributed by atoms with E-state index in [1.165, 1.54) is 0 Å². The fourth-order valence-corrected chi connectivity index (χ4v) is 4.01. The van der Waals surface area contributed by atoms with Crippen LogP contribution < -0.4 is 0 Å². The van der Waals surface area contributed by atoms with E-state index in [4.69, 9.17) is 10.7 Å². The second-order valence-corrected chi connectivity index (χ2v) is 8.01. The summed E-state index contributed by atoms with van der Waals surface area (Å²) in [7, 11) is 1.54. The fraction of sp³-hybridized carbons (Fsp3) is 0.375. The van der Waals surface area contributed by atoms with Gasteiger partial charge in [-0.1, -0.05) is 0 Å². The minimum atomic E-state index is -3.54. The second kappa shape index (κ2) is 6.18. The van der Waals surface area contributed by atoms with Crippen molar-refractivity contribution >= 4 is 53.1 Å². The van der Waals surface area contributed by atoms with E-state index in [0.717, 1.165) is 18.0 Å². The number of rotatable bonds is 5. The molecule has 0 spiro atoms. The van der Waals surface area contributed by atoms with Gasteiger partial charge in [0.25, 0.3) is 5.69 Å². The van der Waals surface area contributed by atoms with Crippen molar-refractivity contribution in [1.82, 2.24) is 4.98 Å². The van der Waals surface area contributed by atoms with Crippen LogP contribution in [0.3, 0.4) is 0 Å². The summed E-state index contributed by atoms with van der Waals surface area (Å²) in [5.74, 6) is 0.0397. The molecule has 1 aromatic rings. The van der Waals surface area contributed by atoms with Gasteiger partial charge in [-0.05, 0) is 22.9 Å². The normalized spacial score (nSPS) is 11.5. The molecule has 0 radical (unpaired) electrons. The molecule has 0 fully saturated rings. The average Bonchev–Trinajstić information content (AvgIpc) is 2.22. The Labute approximate surface area is 121 Å². The molecule has 0 aromatic carbocycles. The largest absolute Gasteiger partial charge is 0.291 e. The summed E-state index contributed by atoms with van der Waals surface area (Å²) in [4.78, 5) is 14.1. The summed E-state index contributed by atoms with van der Waals surface area (Å²) in [5, 5.41) is 11.2. The molecule has 0 unspecified atom stereocenters. The van der Waals surface area contributed by atoms with E-state index in [2.05, 4.69) is 20.9 Å². The van der Waals surface area contributed by atoms with Crippen molar-refractivity contribution in [3.63, 3.8) is 0 Å². The molecule has 0 saturated carbocycles. The maximum absolute atomic E-state index is 10.7. The van der Waals surface area contributed by atoms with Crippen LogP contribution in [0.2, 0.25) is 0 Å². The molecule has 0 aliphatic heterocycles. The number of pyridine rings is 1. The van der Waals surface area contributed by atoms with E-state index in [9.17, 15) is 18.5 Å². The van der Waals surface area contributed by atoms with E-state index in [0.29, 0.717) is 15.1 Å². The molecule has 0 aliphatic carbocycles. The molecule has 0 aliphatic rings. The molecule has 0 atom stereocenters. The van der Waals surface area contributed by atoms with Gasteiger partial charge >= 0.3 is 0 Å². The monoisotopic (exact) mass is 374 g/mol. The first-order valence-corrected chi connectivity index (χ1v) is 8.82. The van der Waals surface area contributed by atoms with Gasteiger partial charge in [0.2, 0.25) is 9.05 Å². The van der Waals surface area contributed by atoms with Crippen LogP contribution in [-0.4, -0.2) is 29.8 Å². The third kappa shape index (κ3) is 4.38. The highest BCUT2D eigenvalue weighted by atomic mass is 79.9. The van der Waals surface area contributed by atoms with Crippen LogP contribution >= 0.6 is 38.4 Å². The summed E-state index contributed by atoms with van der Waals surface area (Å²) in [6, 6.07) is 0. The minimum absolute atomic E-state index is 0.0869. The van der Waals surface area contributed by atoms with Gasteiger partial charge in [-0.15, -0.1) is 11.8 Å². The molecule has 0 N–H and O–H groups in total. The first-order valence-electron chi connectivity index (χ1n) is 4.57. The molecule has 0 bridgehead atoms. The van der Waals surface area contributed by atoms with Crippen molar-refractivity contribution in [2.75, 3.05) is 11.5 Å². The molecule has 1 rings (SSSR count). The smallest absolute Gasteiger partial charge is 0.258 e. The van der Waals surface area contributed by atoms with Crippen LogP contribution in [0.5, 0.6) is 0 Å². The Kier molecular flexibility index (Phi) is 5.38. The lowest BCUT2D eigenvalue weighted by molar-refractivity contribution is -0.385. The Bertz CT molecular complexity index is 579. The third-order valence-corrected chi connectivity index (χ3v) is 5.61. The van der Waals surface area contributed by atoms with Gasteiger partial charge in [-0.3, -0.25) is 10.1 Å². The molecule has 6 nitrogen and oxygen atoms in total. The lowest BCUT2D eigenvalue weighted by Crippen LogP contribution is -2.01. The molecular weight excluding hydrogens is 368 g/mol. The third-order valence-electron chi connectivity index (χ3n) is 1.97. The van der Waals surface area contributed by atoms with E-state index < -0.39 is 14.0 Å². The van der Waals surface area contributed by atoms with Crippen LogP contribution in [0.15, 0.2) is 15.7 Å². The summed E-state index contributed by atoms with van der Waals surface area (Å²) in [6.45, 7) is 1.59. The summed E-state index contributed by atoms with van der Waals surface area (Å²) >= 11 is 4.37. The Morgan fingerprint density at radius 3 is 2.72 bits per heavy atom. The molecule has 1 heterocycles. The summed E-state index contributed by atoms with van der Waals surface area (Å²) in [5.41, 5.74) is 0.363. The van der Waals surface area contributed by atoms with Gasteiger partial charge in [0.1, 0.15) is 11.2 Å². The van der Waals surface area contributed by atoms with Crippen LogP contribution in [-0.2, 0) is 9.05 Å². The first kappa shape index (κ1) is 15.7. The number of thioether (sulfide) groups is 1. The molecular formula is C8H8BrClN2O4S2. The maximum atomic E-state index is 10.7. The molecule has 18 heavy (non-hydrogen) atoms. The average molecular weight is 376 g/mol. The number of halogens is 2. The van der Waals surface area contributed by atoms with Crippen LogP contribution in [0.25, 0.3) is 0 Å². The Morgan fingerprint density at radius 2 is 2.22 bits per heavy atom. The predicted octanol–water partition coefficient (Wildman–Crippen LogP) is 2.72. The van der Waals surface area contributed by atoms with Crippen LogP contribution in [0, 0.1) is 17.0 Å². The Hall–Kier alpha value is -0.380.